The molecule has 0 spiro atoms. The summed E-state index contributed by atoms with van der Waals surface area (Å²) in [5, 5.41) is 3.51. The van der Waals surface area contributed by atoms with Crippen molar-refractivity contribution in [2.45, 2.75) is 68.9 Å². The maximum atomic E-state index is 12.9. The molecular formula is C27H32BrNO3S. The summed E-state index contributed by atoms with van der Waals surface area (Å²) in [4.78, 5) is 38.1. The minimum atomic E-state index is -0.175. The second-order valence-corrected chi connectivity index (χ2v) is 12.7. The van der Waals surface area contributed by atoms with E-state index in [-0.39, 0.29) is 27.9 Å². The van der Waals surface area contributed by atoms with Gasteiger partial charge in [0.05, 0.1) is 5.33 Å². The number of thioether (sulfide) groups is 1. The number of rotatable bonds is 4. The molecule has 4 aliphatic rings. The lowest BCUT2D eigenvalue weighted by Crippen LogP contribution is -2.54. The topological polar surface area (TPSA) is 63.2 Å². The summed E-state index contributed by atoms with van der Waals surface area (Å²) in [6, 6.07) is 8.08. The Hall–Kier alpha value is -1.40. The van der Waals surface area contributed by atoms with E-state index in [4.69, 9.17) is 0 Å². The second kappa shape index (κ2) is 8.67. The number of anilines is 1. The van der Waals surface area contributed by atoms with Crippen molar-refractivity contribution in [1.29, 1.82) is 0 Å². The molecule has 0 aliphatic heterocycles. The molecule has 176 valence electrons. The number of nitrogens with one attached hydrogen (secondary N) is 1. The minimum absolute atomic E-state index is 0.0638. The zero-order valence-corrected chi connectivity index (χ0v) is 21.8. The van der Waals surface area contributed by atoms with Crippen LogP contribution in [0.15, 0.2) is 40.8 Å². The van der Waals surface area contributed by atoms with Gasteiger partial charge in [-0.1, -0.05) is 35.4 Å². The van der Waals surface area contributed by atoms with E-state index in [2.05, 4.69) is 47.2 Å². The number of benzene rings is 1. The van der Waals surface area contributed by atoms with Gasteiger partial charge < -0.3 is 5.32 Å². The molecule has 0 heterocycles. The van der Waals surface area contributed by atoms with E-state index >= 15 is 0 Å². The Balaban J connectivity index is 1.46. The highest BCUT2D eigenvalue weighted by molar-refractivity contribution is 9.09. The van der Waals surface area contributed by atoms with E-state index in [1.165, 1.54) is 10.5 Å². The van der Waals surface area contributed by atoms with Crippen molar-refractivity contribution in [3.8, 4) is 0 Å². The predicted molar refractivity (Wildman–Crippen MR) is 136 cm³/mol. The van der Waals surface area contributed by atoms with Crippen molar-refractivity contribution in [1.82, 2.24) is 0 Å². The normalized spacial score (nSPS) is 37.6. The summed E-state index contributed by atoms with van der Waals surface area (Å²) in [6.45, 7) is 4.62. The number of halogens is 1. The van der Waals surface area contributed by atoms with Gasteiger partial charge in [0.2, 0.25) is 5.91 Å². The molecule has 4 aliphatic carbocycles. The van der Waals surface area contributed by atoms with Gasteiger partial charge in [0.1, 0.15) is 5.78 Å². The van der Waals surface area contributed by atoms with Gasteiger partial charge in [-0.25, -0.2) is 0 Å². The molecule has 0 unspecified atom stereocenters. The van der Waals surface area contributed by atoms with Gasteiger partial charge in [0.15, 0.2) is 5.78 Å². The molecule has 3 saturated carbocycles. The highest BCUT2D eigenvalue weighted by Crippen LogP contribution is 2.66. The van der Waals surface area contributed by atoms with E-state index in [0.29, 0.717) is 35.2 Å². The highest BCUT2D eigenvalue weighted by atomic mass is 79.9. The number of allylic oxidation sites excluding steroid dienone is 1. The number of fused-ring (bicyclic) bond motifs is 5. The maximum absolute atomic E-state index is 12.9. The Labute approximate surface area is 208 Å². The zero-order chi connectivity index (χ0) is 23.4. The average molecular weight is 531 g/mol. The molecule has 1 N–H and O–H groups in total. The predicted octanol–water partition coefficient (Wildman–Crippen LogP) is 6.19. The van der Waals surface area contributed by atoms with Crippen molar-refractivity contribution in [3.63, 3.8) is 0 Å². The average Bonchev–Trinajstić information content (AvgIpc) is 3.10. The largest absolute Gasteiger partial charge is 0.325 e. The summed E-state index contributed by atoms with van der Waals surface area (Å²) in [6.07, 6.45) is 8.31. The molecule has 33 heavy (non-hydrogen) atoms. The van der Waals surface area contributed by atoms with Gasteiger partial charge in [-0.15, -0.1) is 11.8 Å². The van der Waals surface area contributed by atoms with Crippen LogP contribution in [0, 0.1) is 28.6 Å². The molecule has 0 saturated heterocycles. The molecule has 6 heteroatoms. The fraction of sp³-hybridized carbons (Fsp3) is 0.593. The van der Waals surface area contributed by atoms with Crippen molar-refractivity contribution >= 4 is 50.9 Å². The summed E-state index contributed by atoms with van der Waals surface area (Å²) in [5.41, 5.74) is 2.05. The first kappa shape index (κ1) is 23.3. The Morgan fingerprint density at radius 1 is 1.06 bits per heavy atom. The van der Waals surface area contributed by atoms with Crippen molar-refractivity contribution < 1.29 is 14.4 Å². The third kappa shape index (κ3) is 3.95. The summed E-state index contributed by atoms with van der Waals surface area (Å²) >= 11 is 5.09. The summed E-state index contributed by atoms with van der Waals surface area (Å²) in [7, 11) is 0. The molecule has 0 bridgehead atoms. The number of carbonyl (C=O) groups is 3. The summed E-state index contributed by atoms with van der Waals surface area (Å²) in [5.74, 6) is 2.13. The van der Waals surface area contributed by atoms with E-state index in [1.807, 2.05) is 30.0 Å². The smallest absolute Gasteiger partial charge is 0.235 e. The monoisotopic (exact) mass is 529 g/mol. The first-order chi connectivity index (χ1) is 15.7. The molecule has 1 aromatic rings. The lowest BCUT2D eigenvalue weighted by molar-refractivity contribution is -0.132. The van der Waals surface area contributed by atoms with Gasteiger partial charge >= 0.3 is 0 Å². The quantitative estimate of drug-likeness (QED) is 0.472. The number of hydrogen-bond donors (Lipinski definition) is 1. The fourth-order valence-corrected chi connectivity index (χ4v) is 8.96. The Morgan fingerprint density at radius 3 is 2.52 bits per heavy atom. The van der Waals surface area contributed by atoms with Crippen LogP contribution in [0.2, 0.25) is 0 Å². The fourth-order valence-electron chi connectivity index (χ4n) is 7.38. The van der Waals surface area contributed by atoms with E-state index in [1.54, 1.807) is 0 Å². The molecule has 6 atom stereocenters. The van der Waals surface area contributed by atoms with E-state index < -0.39 is 0 Å². The van der Waals surface area contributed by atoms with Gasteiger partial charge in [-0.05, 0) is 85.6 Å². The molecule has 0 aromatic heterocycles. The van der Waals surface area contributed by atoms with Gasteiger partial charge in [0.25, 0.3) is 0 Å². The van der Waals surface area contributed by atoms with Gasteiger partial charge in [-0.2, -0.15) is 0 Å². The third-order valence-corrected chi connectivity index (χ3v) is 11.1. The van der Waals surface area contributed by atoms with Crippen LogP contribution in [0.25, 0.3) is 0 Å². The molecule has 1 amide bonds. The van der Waals surface area contributed by atoms with E-state index in [9.17, 15) is 14.4 Å². The van der Waals surface area contributed by atoms with Crippen LogP contribution in [0.5, 0.6) is 0 Å². The lowest BCUT2D eigenvalue weighted by atomic mass is 9.47. The number of Topliss-reactive ketones (excluding diaryl/α,β-unsaturated/α-hetero) is 1. The van der Waals surface area contributed by atoms with Crippen molar-refractivity contribution in [3.05, 3.63) is 35.9 Å². The Morgan fingerprint density at radius 2 is 1.79 bits per heavy atom. The van der Waals surface area contributed by atoms with Crippen LogP contribution in [0.3, 0.4) is 0 Å². The molecule has 0 radical (unpaired) electrons. The first-order valence-corrected chi connectivity index (χ1v) is 14.1. The molecular weight excluding hydrogens is 498 g/mol. The highest BCUT2D eigenvalue weighted by Gasteiger charge is 2.61. The van der Waals surface area contributed by atoms with Crippen LogP contribution < -0.4 is 5.32 Å². The minimum Gasteiger partial charge on any atom is -0.325 e. The number of alkyl halides is 1. The standard InChI is InChI=1S/C27H32BrNO3S/c1-26-11-9-18(30)13-16(26)14-22(33-19-5-3-17(4-6-19)29-24(32)15-28)25-20-7-8-23(31)27(20,2)12-10-21(25)26/h3-6,13,20-22,25H,7-12,14-15H2,1-2H3,(H,29,32)/t20-,21-,22+,25-,26-,27-/m0/s1. The molecule has 1 aromatic carbocycles. The number of carbonyl (C=O) groups excluding carboxylic acids is 3. The first-order valence-electron chi connectivity index (χ1n) is 12.1. The number of amides is 1. The van der Waals surface area contributed by atoms with E-state index in [0.717, 1.165) is 44.2 Å². The molecule has 3 fully saturated rings. The SMILES string of the molecule is C[C@]12CCC(=O)C=C1C[C@@H](Sc1ccc(NC(=O)CBr)cc1)[C@@H]1[C@@H]2CC[C@]2(C)C(=O)CC[C@@H]12. The van der Waals surface area contributed by atoms with Gasteiger partial charge in [0, 0.05) is 34.1 Å². The van der Waals surface area contributed by atoms with Crippen LogP contribution in [0.1, 0.15) is 58.8 Å². The van der Waals surface area contributed by atoms with Crippen molar-refractivity contribution in [2.24, 2.45) is 28.6 Å². The zero-order valence-electron chi connectivity index (χ0n) is 19.4. The maximum Gasteiger partial charge on any atom is 0.235 e. The summed E-state index contributed by atoms with van der Waals surface area (Å²) < 4.78 is 0. The van der Waals surface area contributed by atoms with Gasteiger partial charge in [-0.3, -0.25) is 14.4 Å². The molecule has 5 rings (SSSR count). The number of ketones is 2. The van der Waals surface area contributed by atoms with Crippen LogP contribution in [-0.4, -0.2) is 28.1 Å². The van der Waals surface area contributed by atoms with Crippen LogP contribution >= 0.6 is 27.7 Å². The Bertz CT molecular complexity index is 1020. The van der Waals surface area contributed by atoms with Crippen molar-refractivity contribution in [2.75, 3.05) is 10.6 Å². The molecule has 4 nitrogen and oxygen atoms in total. The third-order valence-electron chi connectivity index (χ3n) is 9.22. The lowest BCUT2D eigenvalue weighted by Gasteiger charge is -2.59. The van der Waals surface area contributed by atoms with Crippen LogP contribution in [-0.2, 0) is 14.4 Å². The Kier molecular flexibility index (Phi) is 6.14. The van der Waals surface area contributed by atoms with Crippen LogP contribution in [0.4, 0.5) is 5.69 Å². The second-order valence-electron chi connectivity index (χ2n) is 10.8. The number of hydrogen-bond acceptors (Lipinski definition) is 4.